The normalized spacial score (nSPS) is 21.1. The molecule has 1 fully saturated rings. The summed E-state index contributed by atoms with van der Waals surface area (Å²) in [7, 11) is 0. The maximum Gasteiger partial charge on any atom is 0.277 e. The van der Waals surface area contributed by atoms with Crippen molar-refractivity contribution >= 4 is 17.7 Å². The topological polar surface area (TPSA) is 68.0 Å². The van der Waals surface area contributed by atoms with E-state index in [2.05, 4.69) is 22.4 Å². The van der Waals surface area contributed by atoms with Crippen LogP contribution in [0.4, 0.5) is 0 Å². The minimum atomic E-state index is 0.0354. The van der Waals surface area contributed by atoms with Crippen molar-refractivity contribution in [3.63, 3.8) is 0 Å². The monoisotopic (exact) mass is 331 g/mol. The highest BCUT2D eigenvalue weighted by Crippen LogP contribution is 2.25. The number of rotatable bonds is 5. The van der Waals surface area contributed by atoms with Gasteiger partial charge in [-0.1, -0.05) is 49.7 Å². The van der Waals surface area contributed by atoms with Crippen molar-refractivity contribution < 1.29 is 9.21 Å². The summed E-state index contributed by atoms with van der Waals surface area (Å²) in [5.41, 5.74) is 0.882. The molecule has 6 heteroatoms. The second-order valence-corrected chi connectivity index (χ2v) is 6.89. The lowest BCUT2D eigenvalue weighted by atomic mass is 9.86. The van der Waals surface area contributed by atoms with Gasteiger partial charge < -0.3 is 9.73 Å². The van der Waals surface area contributed by atoms with E-state index in [0.717, 1.165) is 12.0 Å². The first kappa shape index (κ1) is 16.1. The minimum absolute atomic E-state index is 0.0354. The van der Waals surface area contributed by atoms with E-state index in [0.29, 0.717) is 28.8 Å². The molecule has 0 radical (unpaired) electrons. The van der Waals surface area contributed by atoms with Crippen molar-refractivity contribution in [2.24, 2.45) is 5.92 Å². The maximum atomic E-state index is 12.1. The van der Waals surface area contributed by atoms with Gasteiger partial charge in [0.2, 0.25) is 11.8 Å². The Labute approximate surface area is 140 Å². The van der Waals surface area contributed by atoms with E-state index in [1.165, 1.54) is 31.0 Å². The van der Waals surface area contributed by atoms with E-state index < -0.39 is 0 Å². The smallest absolute Gasteiger partial charge is 0.277 e. The summed E-state index contributed by atoms with van der Waals surface area (Å²) in [6, 6.07) is 9.92. The van der Waals surface area contributed by atoms with Gasteiger partial charge in [-0.3, -0.25) is 4.79 Å². The SMILES string of the molecule is CC1CCCCC1NC(=O)CSc1nnc(-c2ccccc2)o1. The Morgan fingerprint density at radius 2 is 2.04 bits per heavy atom. The lowest BCUT2D eigenvalue weighted by molar-refractivity contribution is -0.119. The van der Waals surface area contributed by atoms with Gasteiger partial charge in [-0.25, -0.2) is 0 Å². The van der Waals surface area contributed by atoms with Crippen LogP contribution in [0.15, 0.2) is 40.0 Å². The molecule has 1 saturated carbocycles. The van der Waals surface area contributed by atoms with E-state index in [-0.39, 0.29) is 5.91 Å². The zero-order valence-electron chi connectivity index (χ0n) is 13.2. The highest BCUT2D eigenvalue weighted by atomic mass is 32.2. The summed E-state index contributed by atoms with van der Waals surface area (Å²) < 4.78 is 5.59. The predicted octanol–water partition coefficient (Wildman–Crippen LogP) is 3.52. The molecule has 0 saturated heterocycles. The second-order valence-electron chi connectivity index (χ2n) is 5.96. The number of carbonyl (C=O) groups excluding carboxylic acids is 1. The molecule has 0 aliphatic heterocycles. The number of nitrogens with one attached hydrogen (secondary N) is 1. The highest BCUT2D eigenvalue weighted by molar-refractivity contribution is 7.99. The zero-order valence-corrected chi connectivity index (χ0v) is 14.0. The third kappa shape index (κ3) is 4.34. The van der Waals surface area contributed by atoms with E-state index in [1.807, 2.05) is 30.3 Å². The van der Waals surface area contributed by atoms with E-state index in [9.17, 15) is 4.79 Å². The molecule has 0 spiro atoms. The van der Waals surface area contributed by atoms with E-state index in [1.54, 1.807) is 0 Å². The van der Waals surface area contributed by atoms with Crippen LogP contribution in [0.3, 0.4) is 0 Å². The highest BCUT2D eigenvalue weighted by Gasteiger charge is 2.23. The number of aromatic nitrogens is 2. The number of nitrogens with zero attached hydrogens (tertiary/aromatic N) is 2. The first-order valence-electron chi connectivity index (χ1n) is 8.03. The maximum absolute atomic E-state index is 12.1. The zero-order chi connectivity index (χ0) is 16.1. The van der Waals surface area contributed by atoms with Crippen LogP contribution < -0.4 is 5.32 Å². The molecule has 1 aliphatic carbocycles. The average molecular weight is 331 g/mol. The van der Waals surface area contributed by atoms with Gasteiger partial charge in [-0.15, -0.1) is 10.2 Å². The Balaban J connectivity index is 1.50. The quantitative estimate of drug-likeness (QED) is 0.849. The molecule has 122 valence electrons. The van der Waals surface area contributed by atoms with Gasteiger partial charge in [0.05, 0.1) is 5.75 Å². The van der Waals surface area contributed by atoms with Crippen LogP contribution >= 0.6 is 11.8 Å². The fourth-order valence-electron chi connectivity index (χ4n) is 2.87. The van der Waals surface area contributed by atoms with Gasteiger partial charge in [-0.05, 0) is 30.9 Å². The molecular formula is C17H21N3O2S. The fourth-order valence-corrected chi connectivity index (χ4v) is 3.45. The molecule has 2 unspecified atom stereocenters. The molecule has 1 aliphatic rings. The van der Waals surface area contributed by atoms with Crippen LogP contribution in [0.5, 0.6) is 0 Å². The summed E-state index contributed by atoms with van der Waals surface area (Å²) in [5.74, 6) is 1.38. The first-order chi connectivity index (χ1) is 11.2. The number of benzene rings is 1. The van der Waals surface area contributed by atoms with E-state index in [4.69, 9.17) is 4.42 Å². The number of hydrogen-bond donors (Lipinski definition) is 1. The lowest BCUT2D eigenvalue weighted by Crippen LogP contribution is -2.41. The van der Waals surface area contributed by atoms with Crippen LogP contribution in [0.1, 0.15) is 32.6 Å². The third-order valence-corrected chi connectivity index (χ3v) is 5.03. The standard InChI is InChI=1S/C17H21N3O2S/c1-12-7-5-6-10-14(12)18-15(21)11-23-17-20-19-16(22-17)13-8-3-2-4-9-13/h2-4,8-9,12,14H,5-7,10-11H2,1H3,(H,18,21). The number of hydrogen-bond acceptors (Lipinski definition) is 5. The molecule has 1 aromatic heterocycles. The molecule has 2 aromatic rings. The fraction of sp³-hybridized carbons (Fsp3) is 0.471. The molecule has 1 amide bonds. The second kappa shape index (κ2) is 7.64. The summed E-state index contributed by atoms with van der Waals surface area (Å²) in [4.78, 5) is 12.1. The van der Waals surface area contributed by atoms with Crippen LogP contribution in [-0.2, 0) is 4.79 Å². The van der Waals surface area contributed by atoms with Crippen molar-refractivity contribution in [1.82, 2.24) is 15.5 Å². The van der Waals surface area contributed by atoms with Crippen molar-refractivity contribution in [2.45, 2.75) is 43.9 Å². The predicted molar refractivity (Wildman–Crippen MR) is 90.0 cm³/mol. The summed E-state index contributed by atoms with van der Waals surface area (Å²) in [5, 5.41) is 11.6. The number of thioether (sulfide) groups is 1. The molecule has 5 nitrogen and oxygen atoms in total. The Kier molecular flexibility index (Phi) is 5.33. The Morgan fingerprint density at radius 3 is 2.83 bits per heavy atom. The van der Waals surface area contributed by atoms with Crippen LogP contribution in [0.2, 0.25) is 0 Å². The first-order valence-corrected chi connectivity index (χ1v) is 9.02. The number of carbonyl (C=O) groups is 1. The van der Waals surface area contributed by atoms with Crippen LogP contribution in [-0.4, -0.2) is 27.9 Å². The summed E-state index contributed by atoms with van der Waals surface area (Å²) >= 11 is 1.28. The molecule has 0 bridgehead atoms. The molecule has 1 heterocycles. The van der Waals surface area contributed by atoms with Gasteiger partial charge in [0, 0.05) is 11.6 Å². The molecule has 2 atom stereocenters. The Hall–Kier alpha value is -1.82. The van der Waals surface area contributed by atoms with Gasteiger partial charge in [0.1, 0.15) is 0 Å². The van der Waals surface area contributed by atoms with Gasteiger partial charge in [0.15, 0.2) is 0 Å². The van der Waals surface area contributed by atoms with E-state index >= 15 is 0 Å². The minimum Gasteiger partial charge on any atom is -0.411 e. The Morgan fingerprint density at radius 1 is 1.26 bits per heavy atom. The van der Waals surface area contributed by atoms with Gasteiger partial charge in [0.25, 0.3) is 5.22 Å². The average Bonchev–Trinajstić information content (AvgIpc) is 3.05. The van der Waals surface area contributed by atoms with Crippen molar-refractivity contribution in [3.8, 4) is 11.5 Å². The summed E-state index contributed by atoms with van der Waals surface area (Å²) in [6.07, 6.45) is 4.75. The lowest BCUT2D eigenvalue weighted by Gasteiger charge is -2.29. The van der Waals surface area contributed by atoms with Crippen molar-refractivity contribution in [3.05, 3.63) is 30.3 Å². The molecule has 23 heavy (non-hydrogen) atoms. The third-order valence-electron chi connectivity index (χ3n) is 4.21. The molecule has 1 N–H and O–H groups in total. The van der Waals surface area contributed by atoms with Crippen LogP contribution in [0.25, 0.3) is 11.5 Å². The van der Waals surface area contributed by atoms with Gasteiger partial charge >= 0.3 is 0 Å². The Bertz CT molecular complexity index is 644. The summed E-state index contributed by atoms with van der Waals surface area (Å²) in [6.45, 7) is 2.21. The van der Waals surface area contributed by atoms with Crippen molar-refractivity contribution in [1.29, 1.82) is 0 Å². The molecular weight excluding hydrogens is 310 g/mol. The molecule has 3 rings (SSSR count). The van der Waals surface area contributed by atoms with Crippen LogP contribution in [0, 0.1) is 5.92 Å². The van der Waals surface area contributed by atoms with Crippen molar-refractivity contribution in [2.75, 3.05) is 5.75 Å². The molecule has 1 aromatic carbocycles. The largest absolute Gasteiger partial charge is 0.411 e. The number of amides is 1. The van der Waals surface area contributed by atoms with Gasteiger partial charge in [-0.2, -0.15) is 0 Å².